The second kappa shape index (κ2) is 7.63. The van der Waals surface area contributed by atoms with Gasteiger partial charge >= 0.3 is 6.18 Å². The summed E-state index contributed by atoms with van der Waals surface area (Å²) < 4.78 is 44.2. The van der Waals surface area contributed by atoms with Gasteiger partial charge in [0.1, 0.15) is 11.5 Å². The molecule has 0 saturated heterocycles. The molecular formula is C20H14F3N5O. The number of aromatic amines is 1. The number of aromatic nitrogens is 4. The highest BCUT2D eigenvalue weighted by Gasteiger charge is 2.30. The highest BCUT2D eigenvalue weighted by Crippen LogP contribution is 2.31. The summed E-state index contributed by atoms with van der Waals surface area (Å²) in [5, 5.41) is 10.8. The Balaban J connectivity index is 1.46. The highest BCUT2D eigenvalue weighted by molar-refractivity contribution is 5.60. The molecule has 0 aliphatic heterocycles. The fourth-order valence-electron chi connectivity index (χ4n) is 2.58. The van der Waals surface area contributed by atoms with Crippen molar-refractivity contribution in [2.45, 2.75) is 6.18 Å². The van der Waals surface area contributed by atoms with Crippen LogP contribution in [0.15, 0.2) is 73.1 Å². The van der Waals surface area contributed by atoms with Crippen LogP contribution >= 0.6 is 0 Å². The Hall–Kier alpha value is -3.88. The third-order valence-corrected chi connectivity index (χ3v) is 3.95. The SMILES string of the molecule is FC(F)(F)c1cccc(Nc2nnc(-c3ccc(Oc4ccncc4)cc3)[nH]2)c1. The van der Waals surface area contributed by atoms with E-state index >= 15 is 0 Å². The third kappa shape index (κ3) is 4.52. The molecule has 0 aliphatic rings. The number of halogens is 3. The average Bonchev–Trinajstić information content (AvgIpc) is 3.17. The molecule has 0 aliphatic carbocycles. The number of hydrogen-bond donors (Lipinski definition) is 2. The number of H-pyrrole nitrogens is 1. The summed E-state index contributed by atoms with van der Waals surface area (Å²) in [4.78, 5) is 6.87. The van der Waals surface area contributed by atoms with E-state index in [0.717, 1.165) is 17.7 Å². The summed E-state index contributed by atoms with van der Waals surface area (Å²) in [6.45, 7) is 0. The van der Waals surface area contributed by atoms with Gasteiger partial charge in [0.05, 0.1) is 5.56 Å². The van der Waals surface area contributed by atoms with Gasteiger partial charge in [0.2, 0.25) is 5.95 Å². The van der Waals surface area contributed by atoms with E-state index in [1.54, 1.807) is 48.8 Å². The molecule has 4 aromatic rings. The Morgan fingerprint density at radius 1 is 0.862 bits per heavy atom. The number of pyridine rings is 1. The molecule has 2 heterocycles. The number of benzene rings is 2. The molecule has 0 atom stereocenters. The summed E-state index contributed by atoms with van der Waals surface area (Å²) in [7, 11) is 0. The van der Waals surface area contributed by atoms with E-state index in [-0.39, 0.29) is 11.6 Å². The summed E-state index contributed by atoms with van der Waals surface area (Å²) in [6.07, 6.45) is -1.14. The van der Waals surface area contributed by atoms with Crippen LogP contribution in [0.1, 0.15) is 5.56 Å². The Bertz CT molecular complexity index is 1100. The van der Waals surface area contributed by atoms with Crippen molar-refractivity contribution in [1.82, 2.24) is 20.2 Å². The van der Waals surface area contributed by atoms with Gasteiger partial charge in [-0.25, -0.2) is 0 Å². The number of alkyl halides is 3. The number of hydrogen-bond acceptors (Lipinski definition) is 5. The summed E-state index contributed by atoms with van der Waals surface area (Å²) in [5.74, 6) is 2.01. The van der Waals surface area contributed by atoms with Crippen LogP contribution in [0.4, 0.5) is 24.8 Å². The Morgan fingerprint density at radius 3 is 2.31 bits per heavy atom. The number of rotatable bonds is 5. The number of nitrogens with one attached hydrogen (secondary N) is 2. The van der Waals surface area contributed by atoms with Crippen LogP contribution in [0.3, 0.4) is 0 Å². The van der Waals surface area contributed by atoms with Crippen LogP contribution in [-0.2, 0) is 6.18 Å². The minimum atomic E-state index is -4.41. The topological polar surface area (TPSA) is 75.7 Å². The first-order chi connectivity index (χ1) is 14.0. The molecule has 9 heteroatoms. The Labute approximate surface area is 163 Å². The van der Waals surface area contributed by atoms with Crippen LogP contribution in [0.5, 0.6) is 11.5 Å². The predicted octanol–water partition coefficient (Wildman–Crippen LogP) is 5.42. The van der Waals surface area contributed by atoms with E-state index in [1.807, 2.05) is 0 Å². The zero-order valence-corrected chi connectivity index (χ0v) is 14.8. The van der Waals surface area contributed by atoms with Gasteiger partial charge in [-0.1, -0.05) is 6.07 Å². The van der Waals surface area contributed by atoms with Crippen molar-refractivity contribution in [2.24, 2.45) is 0 Å². The van der Waals surface area contributed by atoms with E-state index in [9.17, 15) is 13.2 Å². The van der Waals surface area contributed by atoms with Crippen molar-refractivity contribution in [2.75, 3.05) is 5.32 Å². The molecule has 2 aromatic heterocycles. The first kappa shape index (κ1) is 18.5. The van der Waals surface area contributed by atoms with Crippen LogP contribution in [0.25, 0.3) is 11.4 Å². The van der Waals surface area contributed by atoms with Gasteiger partial charge in [0, 0.05) is 23.6 Å². The van der Waals surface area contributed by atoms with E-state index in [1.165, 1.54) is 12.1 Å². The molecule has 6 nitrogen and oxygen atoms in total. The lowest BCUT2D eigenvalue weighted by Gasteiger charge is -2.08. The lowest BCUT2D eigenvalue weighted by molar-refractivity contribution is -0.137. The molecule has 4 rings (SSSR count). The van der Waals surface area contributed by atoms with Gasteiger partial charge in [0.15, 0.2) is 5.82 Å². The van der Waals surface area contributed by atoms with E-state index in [4.69, 9.17) is 4.74 Å². The summed E-state index contributed by atoms with van der Waals surface area (Å²) in [6, 6.07) is 15.5. The molecule has 0 saturated carbocycles. The second-order valence-electron chi connectivity index (χ2n) is 6.04. The molecule has 29 heavy (non-hydrogen) atoms. The molecule has 0 amide bonds. The van der Waals surface area contributed by atoms with Crippen molar-refractivity contribution < 1.29 is 17.9 Å². The predicted molar refractivity (Wildman–Crippen MR) is 101 cm³/mol. The Morgan fingerprint density at radius 2 is 1.59 bits per heavy atom. The molecule has 0 spiro atoms. The van der Waals surface area contributed by atoms with E-state index in [2.05, 4.69) is 25.5 Å². The van der Waals surface area contributed by atoms with Crippen molar-refractivity contribution in [3.05, 3.63) is 78.6 Å². The quantitative estimate of drug-likeness (QED) is 0.470. The van der Waals surface area contributed by atoms with Gasteiger partial charge in [-0.05, 0) is 54.6 Å². The van der Waals surface area contributed by atoms with E-state index < -0.39 is 11.7 Å². The average molecular weight is 397 g/mol. The maximum Gasteiger partial charge on any atom is 0.416 e. The first-order valence-corrected chi connectivity index (χ1v) is 8.53. The maximum absolute atomic E-state index is 12.8. The first-order valence-electron chi connectivity index (χ1n) is 8.53. The fourth-order valence-corrected chi connectivity index (χ4v) is 2.58. The molecular weight excluding hydrogens is 383 g/mol. The van der Waals surface area contributed by atoms with Gasteiger partial charge in [-0.2, -0.15) is 13.2 Å². The molecule has 0 radical (unpaired) electrons. The largest absolute Gasteiger partial charge is 0.457 e. The van der Waals surface area contributed by atoms with Crippen molar-refractivity contribution in [3.63, 3.8) is 0 Å². The molecule has 0 fully saturated rings. The monoisotopic (exact) mass is 397 g/mol. The lowest BCUT2D eigenvalue weighted by Crippen LogP contribution is -2.05. The lowest BCUT2D eigenvalue weighted by atomic mass is 10.2. The van der Waals surface area contributed by atoms with Gasteiger partial charge in [0.25, 0.3) is 0 Å². The minimum absolute atomic E-state index is 0.233. The van der Waals surface area contributed by atoms with Crippen LogP contribution in [-0.4, -0.2) is 20.2 Å². The summed E-state index contributed by atoms with van der Waals surface area (Å²) in [5.41, 5.74) is 0.257. The molecule has 2 aromatic carbocycles. The molecule has 0 unspecified atom stereocenters. The fraction of sp³-hybridized carbons (Fsp3) is 0.0500. The smallest absolute Gasteiger partial charge is 0.416 e. The maximum atomic E-state index is 12.8. The second-order valence-corrected chi connectivity index (χ2v) is 6.04. The van der Waals surface area contributed by atoms with Crippen LogP contribution < -0.4 is 10.1 Å². The summed E-state index contributed by atoms with van der Waals surface area (Å²) >= 11 is 0. The highest BCUT2D eigenvalue weighted by atomic mass is 19.4. The molecule has 146 valence electrons. The van der Waals surface area contributed by atoms with E-state index in [0.29, 0.717) is 17.3 Å². The normalized spacial score (nSPS) is 11.3. The van der Waals surface area contributed by atoms with Crippen molar-refractivity contribution in [1.29, 1.82) is 0 Å². The minimum Gasteiger partial charge on any atom is -0.457 e. The van der Waals surface area contributed by atoms with Crippen molar-refractivity contribution >= 4 is 11.6 Å². The number of ether oxygens (including phenoxy) is 1. The zero-order chi connectivity index (χ0) is 20.3. The zero-order valence-electron chi connectivity index (χ0n) is 14.8. The third-order valence-electron chi connectivity index (χ3n) is 3.95. The molecule has 0 bridgehead atoms. The number of anilines is 2. The van der Waals surface area contributed by atoms with Gasteiger partial charge in [-0.3, -0.25) is 4.98 Å². The standard InChI is InChI=1S/C20H14F3N5O/c21-20(22,23)14-2-1-3-15(12-14)25-19-26-18(27-28-19)13-4-6-16(7-5-13)29-17-8-10-24-11-9-17/h1-12H,(H2,25,26,27,28). The number of nitrogens with zero attached hydrogens (tertiary/aromatic N) is 3. The van der Waals surface area contributed by atoms with Crippen molar-refractivity contribution in [3.8, 4) is 22.9 Å². The Kier molecular flexibility index (Phi) is 4.86. The molecule has 2 N–H and O–H groups in total. The van der Waals surface area contributed by atoms with Gasteiger partial charge < -0.3 is 15.0 Å². The van der Waals surface area contributed by atoms with Crippen LogP contribution in [0.2, 0.25) is 0 Å². The van der Waals surface area contributed by atoms with Crippen LogP contribution in [0, 0.1) is 0 Å². The van der Waals surface area contributed by atoms with Gasteiger partial charge in [-0.15, -0.1) is 10.2 Å².